The fourth-order valence-corrected chi connectivity index (χ4v) is 2.90. The highest BCUT2D eigenvalue weighted by Crippen LogP contribution is 2.38. The molecule has 2 rings (SSSR count). The van der Waals surface area contributed by atoms with Crippen LogP contribution in [0.5, 0.6) is 0 Å². The minimum absolute atomic E-state index is 0.325. The number of nitrogens with one attached hydrogen (secondary N) is 2. The molecule has 106 valence electrons. The molecule has 0 aromatic carbocycles. The van der Waals surface area contributed by atoms with Gasteiger partial charge in [-0.15, -0.1) is 0 Å². The normalized spacial score (nSPS) is 17.7. The van der Waals surface area contributed by atoms with E-state index in [4.69, 9.17) is 5.84 Å². The molecule has 1 aromatic rings. The molecule has 0 amide bonds. The number of anilines is 2. The third-order valence-corrected chi connectivity index (χ3v) is 4.09. The van der Waals surface area contributed by atoms with Gasteiger partial charge in [-0.3, -0.25) is 0 Å². The van der Waals surface area contributed by atoms with Crippen molar-refractivity contribution in [2.45, 2.75) is 52.4 Å². The van der Waals surface area contributed by atoms with Crippen LogP contribution in [0.15, 0.2) is 6.33 Å². The zero-order chi connectivity index (χ0) is 13.9. The molecular weight excluding hydrogens is 238 g/mol. The van der Waals surface area contributed by atoms with Gasteiger partial charge in [0.25, 0.3) is 0 Å². The first kappa shape index (κ1) is 14.1. The largest absolute Gasteiger partial charge is 0.369 e. The average Bonchev–Trinajstić information content (AvgIpc) is 2.83. The van der Waals surface area contributed by atoms with Crippen LogP contribution in [0.4, 0.5) is 11.6 Å². The molecule has 0 radical (unpaired) electrons. The van der Waals surface area contributed by atoms with Gasteiger partial charge in [-0.1, -0.05) is 33.6 Å². The lowest BCUT2D eigenvalue weighted by molar-refractivity contribution is 0.361. The third-order valence-electron chi connectivity index (χ3n) is 4.09. The van der Waals surface area contributed by atoms with E-state index in [1.807, 2.05) is 0 Å². The summed E-state index contributed by atoms with van der Waals surface area (Å²) in [6.07, 6.45) is 6.83. The van der Waals surface area contributed by atoms with E-state index in [1.54, 1.807) is 6.33 Å². The zero-order valence-electron chi connectivity index (χ0n) is 12.2. The molecule has 0 spiro atoms. The Morgan fingerprint density at radius 3 is 2.47 bits per heavy atom. The molecule has 0 bridgehead atoms. The summed E-state index contributed by atoms with van der Waals surface area (Å²) in [5, 5.41) is 3.51. The molecule has 0 unspecified atom stereocenters. The number of nitrogens with two attached hydrogens (primary N) is 1. The smallest absolute Gasteiger partial charge is 0.148 e. The van der Waals surface area contributed by atoms with E-state index in [1.165, 1.54) is 25.7 Å². The summed E-state index contributed by atoms with van der Waals surface area (Å²) >= 11 is 0. The quantitative estimate of drug-likeness (QED) is 0.562. The van der Waals surface area contributed by atoms with E-state index in [0.29, 0.717) is 17.2 Å². The molecular formula is C14H25N5. The molecule has 1 heterocycles. The van der Waals surface area contributed by atoms with Crippen molar-refractivity contribution in [1.29, 1.82) is 0 Å². The summed E-state index contributed by atoms with van der Waals surface area (Å²) < 4.78 is 0. The maximum Gasteiger partial charge on any atom is 0.148 e. The molecule has 0 atom stereocenters. The van der Waals surface area contributed by atoms with Crippen LogP contribution in [-0.2, 0) is 0 Å². The zero-order valence-corrected chi connectivity index (χ0v) is 12.2. The summed E-state index contributed by atoms with van der Waals surface area (Å²) in [4.78, 5) is 8.57. The molecule has 1 aliphatic carbocycles. The number of hydrazine groups is 1. The van der Waals surface area contributed by atoms with E-state index in [0.717, 1.165) is 17.9 Å². The topological polar surface area (TPSA) is 75.9 Å². The monoisotopic (exact) mass is 263 g/mol. The maximum atomic E-state index is 5.53. The lowest BCUT2D eigenvalue weighted by atomic mass is 9.89. The Balaban J connectivity index is 2.15. The van der Waals surface area contributed by atoms with Gasteiger partial charge in [-0.25, -0.2) is 15.8 Å². The molecule has 1 fully saturated rings. The van der Waals surface area contributed by atoms with E-state index < -0.39 is 0 Å². The minimum Gasteiger partial charge on any atom is -0.369 e. The molecule has 19 heavy (non-hydrogen) atoms. The number of hydrogen-bond acceptors (Lipinski definition) is 5. The molecule has 1 aromatic heterocycles. The van der Waals surface area contributed by atoms with Gasteiger partial charge in [-0.05, 0) is 24.2 Å². The maximum absolute atomic E-state index is 5.53. The molecule has 1 saturated carbocycles. The Bertz CT molecular complexity index is 424. The molecule has 1 aliphatic rings. The highest BCUT2D eigenvalue weighted by atomic mass is 15.3. The molecule has 4 N–H and O–H groups in total. The van der Waals surface area contributed by atoms with E-state index in [-0.39, 0.29) is 0 Å². The fourth-order valence-electron chi connectivity index (χ4n) is 2.90. The third kappa shape index (κ3) is 3.15. The van der Waals surface area contributed by atoms with Gasteiger partial charge in [0.05, 0.1) is 0 Å². The van der Waals surface area contributed by atoms with Gasteiger partial charge in [-0.2, -0.15) is 0 Å². The Kier molecular flexibility index (Phi) is 4.24. The fraction of sp³-hybridized carbons (Fsp3) is 0.714. The first-order valence-corrected chi connectivity index (χ1v) is 7.11. The van der Waals surface area contributed by atoms with Crippen LogP contribution in [0.1, 0.15) is 57.9 Å². The molecule has 0 saturated heterocycles. The van der Waals surface area contributed by atoms with Crippen LogP contribution in [0.2, 0.25) is 0 Å². The predicted octanol–water partition coefficient (Wildman–Crippen LogP) is 2.88. The van der Waals surface area contributed by atoms with Crippen molar-refractivity contribution >= 4 is 11.6 Å². The van der Waals surface area contributed by atoms with Crippen LogP contribution in [0.25, 0.3) is 0 Å². The Labute approximate surface area is 115 Å². The van der Waals surface area contributed by atoms with Gasteiger partial charge in [0.2, 0.25) is 0 Å². The average molecular weight is 263 g/mol. The van der Waals surface area contributed by atoms with Crippen LogP contribution in [0.3, 0.4) is 0 Å². The summed E-state index contributed by atoms with van der Waals surface area (Å²) in [6.45, 7) is 7.57. The second-order valence-electron chi connectivity index (χ2n) is 6.15. The van der Waals surface area contributed by atoms with E-state index >= 15 is 0 Å². The van der Waals surface area contributed by atoms with Gasteiger partial charge in [0.15, 0.2) is 0 Å². The van der Waals surface area contributed by atoms with E-state index in [2.05, 4.69) is 41.5 Å². The van der Waals surface area contributed by atoms with Gasteiger partial charge in [0.1, 0.15) is 18.0 Å². The first-order valence-electron chi connectivity index (χ1n) is 7.11. The van der Waals surface area contributed by atoms with Gasteiger partial charge >= 0.3 is 0 Å². The van der Waals surface area contributed by atoms with Crippen molar-refractivity contribution in [2.75, 3.05) is 17.3 Å². The summed E-state index contributed by atoms with van der Waals surface area (Å²) in [6, 6.07) is 0. The second-order valence-corrected chi connectivity index (χ2v) is 6.15. The highest BCUT2D eigenvalue weighted by molar-refractivity contribution is 5.58. The molecule has 5 nitrogen and oxygen atoms in total. The van der Waals surface area contributed by atoms with Crippen molar-refractivity contribution in [3.8, 4) is 0 Å². The Hall–Kier alpha value is -1.36. The number of nitrogens with zero attached hydrogens (tertiary/aromatic N) is 2. The van der Waals surface area contributed by atoms with Crippen molar-refractivity contribution < 1.29 is 0 Å². The van der Waals surface area contributed by atoms with Crippen molar-refractivity contribution in [2.24, 2.45) is 11.3 Å². The lowest BCUT2D eigenvalue weighted by Gasteiger charge is -2.25. The Morgan fingerprint density at radius 1 is 1.26 bits per heavy atom. The summed E-state index contributed by atoms with van der Waals surface area (Å²) in [5.41, 5.74) is 4.12. The number of hydrogen-bond donors (Lipinski definition) is 3. The predicted molar refractivity (Wildman–Crippen MR) is 79.0 cm³/mol. The van der Waals surface area contributed by atoms with E-state index in [9.17, 15) is 0 Å². The number of aromatic nitrogens is 2. The standard InChI is InChI=1S/C14H25N5/c1-10(2)11-12(17-9-18-13(11)19-15)16-8-14(3)6-4-5-7-14/h9-10H,4-8,15H2,1-3H3,(H2,16,17,18,19). The van der Waals surface area contributed by atoms with Crippen LogP contribution in [0, 0.1) is 5.41 Å². The Morgan fingerprint density at radius 2 is 1.89 bits per heavy atom. The van der Waals surface area contributed by atoms with Crippen LogP contribution in [-0.4, -0.2) is 16.5 Å². The number of rotatable bonds is 5. The van der Waals surface area contributed by atoms with Crippen molar-refractivity contribution in [3.63, 3.8) is 0 Å². The first-order chi connectivity index (χ1) is 9.06. The molecule has 0 aliphatic heterocycles. The summed E-state index contributed by atoms with van der Waals surface area (Å²) in [7, 11) is 0. The highest BCUT2D eigenvalue weighted by Gasteiger charge is 2.28. The lowest BCUT2D eigenvalue weighted by Crippen LogP contribution is -2.24. The van der Waals surface area contributed by atoms with Crippen LogP contribution >= 0.6 is 0 Å². The summed E-state index contributed by atoms with van der Waals surface area (Å²) in [5.74, 6) is 7.48. The van der Waals surface area contributed by atoms with Crippen molar-refractivity contribution in [1.82, 2.24) is 9.97 Å². The molecule has 5 heteroatoms. The SMILES string of the molecule is CC(C)c1c(NN)ncnc1NCC1(C)CCCC1. The van der Waals surface area contributed by atoms with Crippen LogP contribution < -0.4 is 16.6 Å². The minimum atomic E-state index is 0.325. The van der Waals surface area contributed by atoms with Gasteiger partial charge in [0, 0.05) is 12.1 Å². The second kappa shape index (κ2) is 5.74. The number of nitrogen functional groups attached to an aromatic ring is 1. The van der Waals surface area contributed by atoms with Gasteiger partial charge < -0.3 is 10.7 Å². The van der Waals surface area contributed by atoms with Crippen molar-refractivity contribution in [3.05, 3.63) is 11.9 Å².